The van der Waals surface area contributed by atoms with E-state index in [4.69, 9.17) is 10.5 Å². The van der Waals surface area contributed by atoms with Gasteiger partial charge < -0.3 is 30.6 Å². The molecule has 1 aromatic heterocycles. The molecule has 2 aliphatic heterocycles. The van der Waals surface area contributed by atoms with Crippen LogP contribution in [0.2, 0.25) is 18.6 Å². The maximum Gasteiger partial charge on any atom is 0.264 e. The van der Waals surface area contributed by atoms with E-state index in [1.165, 1.54) is 0 Å². The van der Waals surface area contributed by atoms with Gasteiger partial charge in [0, 0.05) is 66.3 Å². The summed E-state index contributed by atoms with van der Waals surface area (Å²) in [5, 5.41) is 20.4. The lowest BCUT2D eigenvalue weighted by molar-refractivity contribution is -0.145. The maximum atomic E-state index is 14.3. The molecule has 0 radical (unpaired) electrons. The van der Waals surface area contributed by atoms with Crippen molar-refractivity contribution >= 4 is 37.2 Å². The van der Waals surface area contributed by atoms with Gasteiger partial charge in [0.2, 0.25) is 0 Å². The van der Waals surface area contributed by atoms with Gasteiger partial charge in [-0.15, -0.1) is 11.7 Å². The van der Waals surface area contributed by atoms with Crippen LogP contribution in [-0.2, 0) is 28.1 Å². The van der Waals surface area contributed by atoms with Gasteiger partial charge in [-0.3, -0.25) is 14.3 Å². The van der Waals surface area contributed by atoms with Crippen LogP contribution in [0.3, 0.4) is 0 Å². The maximum absolute atomic E-state index is 14.3. The molecule has 0 saturated carbocycles. The molecule has 0 aliphatic carbocycles. The lowest BCUT2D eigenvalue weighted by Crippen LogP contribution is -2.46. The Morgan fingerprint density at radius 3 is 2.67 bits per heavy atom. The van der Waals surface area contributed by atoms with Crippen LogP contribution in [0.5, 0.6) is 0 Å². The molecule has 11 nitrogen and oxygen atoms in total. The number of carbonyl (C=O) groups is 2. The number of hydrogen-bond acceptors (Lipinski definition) is 8. The number of aryl methyl sites for hydroxylation is 1. The van der Waals surface area contributed by atoms with Crippen LogP contribution in [-0.4, -0.2) is 64.3 Å². The first-order chi connectivity index (χ1) is 20.0. The van der Waals surface area contributed by atoms with Crippen molar-refractivity contribution in [3.05, 3.63) is 78.1 Å². The second-order valence-electron chi connectivity index (χ2n) is 11.6. The predicted molar refractivity (Wildman–Crippen MR) is 162 cm³/mol. The summed E-state index contributed by atoms with van der Waals surface area (Å²) in [7, 11) is -2.84. The van der Waals surface area contributed by atoms with E-state index in [0.717, 1.165) is 0 Å². The van der Waals surface area contributed by atoms with Crippen molar-refractivity contribution in [3.8, 4) is 0 Å². The van der Waals surface area contributed by atoms with Gasteiger partial charge in [0.25, 0.3) is 11.8 Å². The van der Waals surface area contributed by atoms with Gasteiger partial charge in [0.05, 0.1) is 17.5 Å². The fourth-order valence-electron chi connectivity index (χ4n) is 6.51. The number of nitrogens with two attached hydrogens (primary N) is 1. The van der Waals surface area contributed by atoms with Gasteiger partial charge in [-0.25, -0.2) is 0 Å². The van der Waals surface area contributed by atoms with Crippen molar-refractivity contribution in [1.29, 1.82) is 0 Å². The lowest BCUT2D eigenvalue weighted by Gasteiger charge is -2.32. The van der Waals surface area contributed by atoms with Crippen LogP contribution in [0, 0.1) is 5.92 Å². The Kier molecular flexibility index (Phi) is 8.08. The molecule has 42 heavy (non-hydrogen) atoms. The number of aliphatic hydroxyl groups excluding tert-OH is 1. The van der Waals surface area contributed by atoms with Gasteiger partial charge in [0.15, 0.2) is 13.9 Å². The highest BCUT2D eigenvalue weighted by molar-refractivity contribution is 6.71. The van der Waals surface area contributed by atoms with Crippen LogP contribution in [0.15, 0.2) is 61.3 Å². The molecule has 3 heterocycles. The summed E-state index contributed by atoms with van der Waals surface area (Å²) in [6.07, 6.45) is 3.96. The first-order valence-corrected chi connectivity index (χ1v) is 17.2. The minimum absolute atomic E-state index is 0.0119. The van der Waals surface area contributed by atoms with Crippen molar-refractivity contribution < 1.29 is 24.2 Å². The summed E-state index contributed by atoms with van der Waals surface area (Å²) >= 11 is 0. The van der Waals surface area contributed by atoms with Gasteiger partial charge >= 0.3 is 0 Å². The van der Waals surface area contributed by atoms with E-state index in [2.05, 4.69) is 22.2 Å². The molecular formula is C30H38N6O5Si. The number of hydrogen-bond donors (Lipinski definition) is 4. The summed E-state index contributed by atoms with van der Waals surface area (Å²) < 4.78 is 8.53. The highest BCUT2D eigenvalue weighted by atomic mass is 28.4. The van der Waals surface area contributed by atoms with Crippen LogP contribution in [0.25, 0.3) is 0 Å². The van der Waals surface area contributed by atoms with Crippen LogP contribution < -0.4 is 16.0 Å². The molecule has 0 bridgehead atoms. The number of aromatic nitrogens is 3. The zero-order valence-electron chi connectivity index (χ0n) is 24.2. The Balaban J connectivity index is 1.50. The normalized spacial score (nSPS) is 23.4. The zero-order chi connectivity index (χ0) is 30.2. The number of aliphatic hydroxyl groups is 1. The van der Waals surface area contributed by atoms with Gasteiger partial charge in [0.1, 0.15) is 0 Å². The van der Waals surface area contributed by atoms with E-state index in [0.29, 0.717) is 59.8 Å². The molecule has 1 fully saturated rings. The molecule has 1 saturated heterocycles. The van der Waals surface area contributed by atoms with Crippen molar-refractivity contribution in [2.45, 2.75) is 56.7 Å². The summed E-state index contributed by atoms with van der Waals surface area (Å²) in [5.74, 6) is -0.854. The van der Waals surface area contributed by atoms with Crippen LogP contribution >= 0.6 is 0 Å². The zero-order valence-corrected chi connectivity index (χ0v) is 25.2. The van der Waals surface area contributed by atoms with E-state index in [1.807, 2.05) is 32.2 Å². The van der Waals surface area contributed by atoms with Crippen LogP contribution in [0.1, 0.15) is 35.0 Å². The third-order valence-electron chi connectivity index (χ3n) is 8.32. The highest BCUT2D eigenvalue weighted by Gasteiger charge is 2.66. The minimum Gasteiger partial charge on any atom is -0.432 e. The largest absolute Gasteiger partial charge is 0.432 e. The lowest BCUT2D eigenvalue weighted by atomic mass is 9.82. The monoisotopic (exact) mass is 590 g/mol. The van der Waals surface area contributed by atoms with E-state index in [-0.39, 0.29) is 29.9 Å². The van der Waals surface area contributed by atoms with Crippen molar-refractivity contribution in [2.24, 2.45) is 5.92 Å². The van der Waals surface area contributed by atoms with Gasteiger partial charge in [-0.1, -0.05) is 18.2 Å². The highest BCUT2D eigenvalue weighted by Crippen LogP contribution is 2.60. The SMILES string of the molecule is C=CCN1C(=O)[C@@]2(O[C@@H](CCn3cc(CCO)nn3)[C@H]([Si](C)(C)O)[C@H]2C)c2cc(NC(=O)c3ccc(N)cc3)ccc21. The van der Waals surface area contributed by atoms with Gasteiger partial charge in [-0.2, -0.15) is 0 Å². The molecule has 1 spiro atoms. The number of ether oxygens (including phenoxy) is 1. The average Bonchev–Trinajstić information content (AvgIpc) is 3.58. The van der Waals surface area contributed by atoms with E-state index < -0.39 is 20.0 Å². The molecule has 3 aromatic rings. The van der Waals surface area contributed by atoms with Gasteiger partial charge in [-0.05, 0) is 62.0 Å². The molecular weight excluding hydrogens is 552 g/mol. The van der Waals surface area contributed by atoms with E-state index >= 15 is 0 Å². The number of fused-ring (bicyclic) bond motifs is 2. The smallest absolute Gasteiger partial charge is 0.264 e. The number of nitrogens with zero attached hydrogens (tertiary/aromatic N) is 4. The summed E-state index contributed by atoms with van der Waals surface area (Å²) in [4.78, 5) is 40.4. The van der Waals surface area contributed by atoms with E-state index in [1.54, 1.807) is 52.2 Å². The average molecular weight is 591 g/mol. The Hall–Kier alpha value is -3.84. The standard InChI is InChI=1S/C30H38N6O5Si/c1-5-14-36-25-11-10-22(32-28(38)20-6-8-21(31)9-7-20)17-24(25)30(29(36)39)19(2)27(42(3,4)40)26(41-30)12-15-35-18-23(13-16-37)33-34-35/h5-11,17-19,26-27,37,40H,1,12-16,31H2,2-4H3,(H,32,38)/t19-,26+,27-,30+/m1/s1. The third kappa shape index (κ3) is 5.26. The molecule has 12 heteroatoms. The van der Waals surface area contributed by atoms with Crippen molar-refractivity contribution in [1.82, 2.24) is 15.0 Å². The number of anilines is 3. The Morgan fingerprint density at radius 2 is 2.00 bits per heavy atom. The molecule has 4 atom stereocenters. The number of carbonyl (C=O) groups excluding carboxylic acids is 2. The second-order valence-corrected chi connectivity index (χ2v) is 15.6. The van der Waals surface area contributed by atoms with Crippen LogP contribution in [0.4, 0.5) is 17.1 Å². The minimum atomic E-state index is -2.84. The molecule has 0 unspecified atom stereocenters. The summed E-state index contributed by atoms with van der Waals surface area (Å²) in [6, 6.07) is 12.0. The summed E-state index contributed by atoms with van der Waals surface area (Å²) in [5.41, 5.74) is 7.76. The first kappa shape index (κ1) is 29.6. The van der Waals surface area contributed by atoms with Crippen molar-refractivity contribution in [3.63, 3.8) is 0 Å². The fourth-order valence-corrected chi connectivity index (χ4v) is 9.11. The van der Waals surface area contributed by atoms with Crippen molar-refractivity contribution in [2.75, 3.05) is 29.1 Å². The Labute approximate surface area is 246 Å². The molecule has 5 N–H and O–H groups in total. The number of rotatable bonds is 10. The number of nitrogens with one attached hydrogen (secondary N) is 1. The topological polar surface area (TPSA) is 156 Å². The summed E-state index contributed by atoms with van der Waals surface area (Å²) in [6.45, 7) is 10.3. The molecule has 2 aromatic carbocycles. The molecule has 5 rings (SSSR count). The molecule has 2 aliphatic rings. The molecule has 2 amide bonds. The number of benzene rings is 2. The Bertz CT molecular complexity index is 1490. The first-order valence-electron chi connectivity index (χ1n) is 14.1. The van der Waals surface area contributed by atoms with E-state index in [9.17, 15) is 19.5 Å². The number of nitrogen functional groups attached to an aromatic ring is 1. The third-order valence-corrected chi connectivity index (χ3v) is 10.8. The Morgan fingerprint density at radius 1 is 1.26 bits per heavy atom. The quantitative estimate of drug-likeness (QED) is 0.160. The molecule has 222 valence electrons. The number of amides is 2. The second kappa shape index (κ2) is 11.4. The predicted octanol–water partition coefficient (Wildman–Crippen LogP) is 3.07. The fraction of sp³-hybridized carbons (Fsp3) is 0.400.